The Morgan fingerprint density at radius 1 is 1.24 bits per heavy atom. The highest BCUT2D eigenvalue weighted by Gasteiger charge is 2.26. The van der Waals surface area contributed by atoms with Gasteiger partial charge in [-0.3, -0.25) is 9.59 Å². The highest BCUT2D eigenvalue weighted by molar-refractivity contribution is 6.09. The maximum Gasteiger partial charge on any atom is 0.340 e. The molecule has 1 aromatic carbocycles. The zero-order valence-electron chi connectivity index (χ0n) is 16.6. The van der Waals surface area contributed by atoms with Crippen LogP contribution in [-0.2, 0) is 19.1 Å². The number of benzene rings is 1. The second-order valence-corrected chi connectivity index (χ2v) is 6.46. The summed E-state index contributed by atoms with van der Waals surface area (Å²) >= 11 is 0. The average Bonchev–Trinajstić information content (AvgIpc) is 2.73. The Morgan fingerprint density at radius 2 is 1.97 bits per heavy atom. The number of nitrogens with zero attached hydrogens (tertiary/aromatic N) is 2. The van der Waals surface area contributed by atoms with E-state index in [0.717, 1.165) is 6.42 Å². The molecule has 0 saturated carbocycles. The minimum Gasteiger partial charge on any atom is -0.466 e. The van der Waals surface area contributed by atoms with Crippen molar-refractivity contribution in [1.82, 2.24) is 4.90 Å². The summed E-state index contributed by atoms with van der Waals surface area (Å²) in [7, 11) is 0. The number of ether oxygens (including phenoxy) is 2. The molecule has 2 rings (SSSR count). The number of anilines is 1. The number of likely N-dealkylation sites (tertiary alicyclic amines) is 1. The summed E-state index contributed by atoms with van der Waals surface area (Å²) in [5.74, 6) is -1.74. The van der Waals surface area contributed by atoms with Crippen LogP contribution in [-0.4, -0.2) is 49.0 Å². The topological polar surface area (TPSA) is 109 Å². The summed E-state index contributed by atoms with van der Waals surface area (Å²) < 4.78 is 10.1. The summed E-state index contributed by atoms with van der Waals surface area (Å²) in [6.07, 6.45) is 2.92. The van der Waals surface area contributed by atoms with Crippen LogP contribution >= 0.6 is 0 Å². The second kappa shape index (κ2) is 10.9. The Morgan fingerprint density at radius 3 is 2.66 bits per heavy atom. The van der Waals surface area contributed by atoms with Crippen LogP contribution in [0.4, 0.5) is 5.69 Å². The quantitative estimate of drug-likeness (QED) is 0.426. The molecule has 0 bridgehead atoms. The van der Waals surface area contributed by atoms with Crippen molar-refractivity contribution in [3.63, 3.8) is 0 Å². The number of rotatable bonds is 7. The lowest BCUT2D eigenvalue weighted by Gasteiger charge is -2.30. The lowest BCUT2D eigenvalue weighted by molar-refractivity contribution is -0.149. The highest BCUT2D eigenvalue weighted by Crippen LogP contribution is 2.20. The van der Waals surface area contributed by atoms with Crippen LogP contribution in [0.3, 0.4) is 0 Å². The van der Waals surface area contributed by atoms with E-state index in [1.807, 2.05) is 6.07 Å². The smallest absolute Gasteiger partial charge is 0.340 e. The van der Waals surface area contributed by atoms with Crippen molar-refractivity contribution in [2.45, 2.75) is 26.7 Å². The first-order chi connectivity index (χ1) is 14.0. The molecule has 0 radical (unpaired) electrons. The summed E-state index contributed by atoms with van der Waals surface area (Å²) in [6.45, 7) is 4.99. The average molecular weight is 399 g/mol. The van der Waals surface area contributed by atoms with E-state index in [2.05, 4.69) is 5.32 Å². The van der Waals surface area contributed by atoms with E-state index in [4.69, 9.17) is 9.47 Å². The molecule has 1 heterocycles. The van der Waals surface area contributed by atoms with E-state index >= 15 is 0 Å². The zero-order valence-corrected chi connectivity index (χ0v) is 16.6. The molecule has 0 spiro atoms. The Kier molecular flexibility index (Phi) is 8.22. The van der Waals surface area contributed by atoms with Crippen LogP contribution in [0, 0.1) is 17.2 Å². The largest absolute Gasteiger partial charge is 0.466 e. The van der Waals surface area contributed by atoms with Gasteiger partial charge in [0.25, 0.3) is 5.91 Å². The Labute approximate surface area is 170 Å². The monoisotopic (exact) mass is 399 g/mol. The normalized spacial score (nSPS) is 16.5. The fourth-order valence-electron chi connectivity index (χ4n) is 3.07. The number of nitriles is 1. The number of piperidine rings is 1. The maximum atomic E-state index is 12.6. The van der Waals surface area contributed by atoms with Crippen LogP contribution in [0.25, 0.3) is 0 Å². The first-order valence-corrected chi connectivity index (χ1v) is 9.60. The number of esters is 2. The predicted molar refractivity (Wildman–Crippen MR) is 106 cm³/mol. The molecule has 154 valence electrons. The van der Waals surface area contributed by atoms with Gasteiger partial charge < -0.3 is 19.7 Å². The fourth-order valence-corrected chi connectivity index (χ4v) is 3.07. The number of hydrogen-bond donors (Lipinski definition) is 1. The van der Waals surface area contributed by atoms with Crippen molar-refractivity contribution in [1.29, 1.82) is 5.26 Å². The molecule has 29 heavy (non-hydrogen) atoms. The fraction of sp³-hybridized carbons (Fsp3) is 0.429. The van der Waals surface area contributed by atoms with Gasteiger partial charge in [0.1, 0.15) is 11.6 Å². The van der Waals surface area contributed by atoms with Crippen molar-refractivity contribution in [2.24, 2.45) is 5.92 Å². The Balaban J connectivity index is 2.12. The molecular formula is C21H25N3O5. The molecule has 1 saturated heterocycles. The minimum absolute atomic E-state index is 0.117. The van der Waals surface area contributed by atoms with E-state index < -0.39 is 11.9 Å². The van der Waals surface area contributed by atoms with Gasteiger partial charge in [0, 0.05) is 19.3 Å². The van der Waals surface area contributed by atoms with Gasteiger partial charge in [-0.05, 0) is 38.8 Å². The summed E-state index contributed by atoms with van der Waals surface area (Å²) in [6, 6.07) is 8.32. The van der Waals surface area contributed by atoms with Crippen molar-refractivity contribution in [3.8, 4) is 6.07 Å². The zero-order chi connectivity index (χ0) is 21.2. The van der Waals surface area contributed by atoms with Crippen molar-refractivity contribution >= 4 is 23.5 Å². The van der Waals surface area contributed by atoms with Gasteiger partial charge in [-0.1, -0.05) is 12.1 Å². The molecule has 1 atom stereocenters. The third-order valence-corrected chi connectivity index (χ3v) is 4.42. The molecule has 8 heteroatoms. The molecule has 0 aromatic heterocycles. The number of hydrogen-bond acceptors (Lipinski definition) is 7. The molecule has 1 N–H and O–H groups in total. The number of para-hydroxylation sites is 1. The van der Waals surface area contributed by atoms with E-state index in [-0.39, 0.29) is 35.3 Å². The van der Waals surface area contributed by atoms with Gasteiger partial charge in [0.2, 0.25) is 0 Å². The summed E-state index contributed by atoms with van der Waals surface area (Å²) in [4.78, 5) is 38.4. The van der Waals surface area contributed by atoms with Crippen LogP contribution in [0.1, 0.15) is 37.0 Å². The van der Waals surface area contributed by atoms with E-state index in [1.165, 1.54) is 12.3 Å². The number of carbonyl (C=O) groups excluding carboxylic acids is 3. The molecule has 1 aliphatic heterocycles. The molecule has 0 aliphatic carbocycles. The summed E-state index contributed by atoms with van der Waals surface area (Å²) in [5.41, 5.74) is 0.355. The first-order valence-electron chi connectivity index (χ1n) is 9.60. The number of carbonyl (C=O) groups is 3. The second-order valence-electron chi connectivity index (χ2n) is 6.46. The molecular weight excluding hydrogens is 374 g/mol. The van der Waals surface area contributed by atoms with Crippen molar-refractivity contribution in [3.05, 3.63) is 41.6 Å². The third kappa shape index (κ3) is 6.07. The lowest BCUT2D eigenvalue weighted by Crippen LogP contribution is -2.37. The SMILES string of the molecule is CCOC(=O)c1ccccc1NC(=O)/C(C#N)=C\N1CCCC(C(=O)OCC)C1. The lowest BCUT2D eigenvalue weighted by atomic mass is 9.98. The molecule has 1 aromatic rings. The van der Waals surface area contributed by atoms with Gasteiger partial charge in [0.05, 0.1) is 30.4 Å². The van der Waals surface area contributed by atoms with E-state index in [9.17, 15) is 19.6 Å². The molecule has 1 amide bonds. The van der Waals surface area contributed by atoms with Crippen molar-refractivity contribution < 1.29 is 23.9 Å². The van der Waals surface area contributed by atoms with Gasteiger partial charge in [0.15, 0.2) is 0 Å². The van der Waals surface area contributed by atoms with Gasteiger partial charge in [-0.2, -0.15) is 5.26 Å². The molecule has 1 fully saturated rings. The number of nitrogens with one attached hydrogen (secondary N) is 1. The highest BCUT2D eigenvalue weighted by atomic mass is 16.5. The summed E-state index contributed by atoms with van der Waals surface area (Å²) in [5, 5.41) is 12.0. The predicted octanol–water partition coefficient (Wildman–Crippen LogP) is 2.48. The van der Waals surface area contributed by atoms with Crippen LogP contribution in [0.15, 0.2) is 36.0 Å². The number of amides is 1. The van der Waals surface area contributed by atoms with E-state index in [1.54, 1.807) is 36.9 Å². The molecule has 8 nitrogen and oxygen atoms in total. The van der Waals surface area contributed by atoms with Crippen molar-refractivity contribution in [2.75, 3.05) is 31.6 Å². The van der Waals surface area contributed by atoms with Gasteiger partial charge >= 0.3 is 11.9 Å². The van der Waals surface area contributed by atoms with E-state index in [0.29, 0.717) is 26.1 Å². The first kappa shape index (κ1) is 22.0. The van der Waals surface area contributed by atoms with Crippen LogP contribution in [0.2, 0.25) is 0 Å². The Bertz CT molecular complexity index is 828. The van der Waals surface area contributed by atoms with Gasteiger partial charge in [-0.25, -0.2) is 4.79 Å². The minimum atomic E-state index is -0.637. The molecule has 1 unspecified atom stereocenters. The maximum absolute atomic E-state index is 12.6. The Hall–Kier alpha value is -3.34. The standard InChI is InChI=1S/C21H25N3O5/c1-3-28-20(26)15-8-7-11-24(13-15)14-16(12-22)19(25)23-18-10-6-5-9-17(18)21(27)29-4-2/h5-6,9-10,14-15H,3-4,7-8,11,13H2,1-2H3,(H,23,25)/b16-14-. The van der Waals surface area contributed by atoms with Crippen LogP contribution in [0.5, 0.6) is 0 Å². The molecule has 1 aliphatic rings. The van der Waals surface area contributed by atoms with Crippen LogP contribution < -0.4 is 5.32 Å². The van der Waals surface area contributed by atoms with Gasteiger partial charge in [-0.15, -0.1) is 0 Å². The third-order valence-electron chi connectivity index (χ3n) is 4.42.